The van der Waals surface area contributed by atoms with E-state index >= 15 is 0 Å². The number of hydrogen-bond donors (Lipinski definition) is 4. The molecule has 0 aliphatic rings. The van der Waals surface area contributed by atoms with Crippen LogP contribution in [-0.4, -0.2) is 4.98 Å². The summed E-state index contributed by atoms with van der Waals surface area (Å²) < 4.78 is 0.559. The largest absolute Gasteiger partial charge is 0.618 e. The van der Waals surface area contributed by atoms with Crippen LogP contribution in [0.5, 0.6) is 0 Å². The number of fused-ring (bicyclic) bond motifs is 1. The van der Waals surface area contributed by atoms with Gasteiger partial charge in [0.05, 0.1) is 23.3 Å². The molecule has 1 aromatic carbocycles. The van der Waals surface area contributed by atoms with Crippen molar-refractivity contribution in [3.63, 3.8) is 0 Å². The summed E-state index contributed by atoms with van der Waals surface area (Å²) in [7, 11) is 0. The van der Waals surface area contributed by atoms with Gasteiger partial charge in [0.2, 0.25) is 0 Å². The van der Waals surface area contributed by atoms with Crippen LogP contribution in [0.3, 0.4) is 0 Å². The lowest BCUT2D eigenvalue weighted by molar-refractivity contribution is -0.576. The zero-order valence-electron chi connectivity index (χ0n) is 7.77. The Labute approximate surface area is 84.9 Å². The van der Waals surface area contributed by atoms with Crippen LogP contribution in [0.4, 0.5) is 22.7 Å². The molecule has 0 saturated heterocycles. The van der Waals surface area contributed by atoms with Crippen LogP contribution in [0.25, 0.3) is 11.0 Å². The quantitative estimate of drug-likeness (QED) is 0.252. The molecule has 0 amide bonds. The summed E-state index contributed by atoms with van der Waals surface area (Å²) >= 11 is 0. The maximum Gasteiger partial charge on any atom is 0.270 e. The first-order chi connectivity index (χ1) is 7.04. The summed E-state index contributed by atoms with van der Waals surface area (Å²) in [5.74, 6) is 0. The number of rotatable bonds is 0. The average Bonchev–Trinajstić information content (AvgIpc) is 2.23. The minimum atomic E-state index is 0.0970. The molecule has 0 bridgehead atoms. The van der Waals surface area contributed by atoms with Gasteiger partial charge >= 0.3 is 0 Å². The lowest BCUT2D eigenvalue weighted by atomic mass is 10.1. The van der Waals surface area contributed by atoms with Crippen LogP contribution in [-0.2, 0) is 0 Å². The van der Waals surface area contributed by atoms with Crippen LogP contribution >= 0.6 is 0 Å². The van der Waals surface area contributed by atoms with E-state index < -0.39 is 0 Å². The van der Waals surface area contributed by atoms with Crippen LogP contribution in [0.1, 0.15) is 0 Å². The molecular formula is C8H10N6O. The summed E-state index contributed by atoms with van der Waals surface area (Å²) in [4.78, 5) is 3.94. The van der Waals surface area contributed by atoms with E-state index in [-0.39, 0.29) is 33.8 Å². The van der Waals surface area contributed by atoms with E-state index in [1.807, 2.05) is 0 Å². The molecule has 2 rings (SSSR count). The molecule has 15 heavy (non-hydrogen) atoms. The minimum absolute atomic E-state index is 0.0970. The molecule has 0 radical (unpaired) electrons. The van der Waals surface area contributed by atoms with E-state index in [1.165, 1.54) is 12.4 Å². The van der Waals surface area contributed by atoms with Gasteiger partial charge in [-0.05, 0) is 0 Å². The Bertz CT molecular complexity index is 553. The van der Waals surface area contributed by atoms with Crippen molar-refractivity contribution in [1.82, 2.24) is 4.98 Å². The number of nitrogen functional groups attached to an aromatic ring is 4. The third-order valence-corrected chi connectivity index (χ3v) is 2.23. The Morgan fingerprint density at radius 2 is 1.60 bits per heavy atom. The van der Waals surface area contributed by atoms with Crippen molar-refractivity contribution in [2.75, 3.05) is 22.9 Å². The SMILES string of the molecule is Nc1c(N)c(N)c2c(ncc[n+]2[O-])c1N. The Balaban J connectivity index is 3.08. The van der Waals surface area contributed by atoms with Crippen molar-refractivity contribution in [3.05, 3.63) is 17.6 Å². The van der Waals surface area contributed by atoms with E-state index in [2.05, 4.69) is 4.98 Å². The molecule has 0 fully saturated rings. The van der Waals surface area contributed by atoms with Crippen molar-refractivity contribution >= 4 is 33.8 Å². The molecule has 0 aliphatic heterocycles. The summed E-state index contributed by atoms with van der Waals surface area (Å²) in [6, 6.07) is 0. The normalized spacial score (nSPS) is 10.7. The predicted octanol–water partition coefficient (Wildman–Crippen LogP) is -0.803. The molecule has 7 heteroatoms. The van der Waals surface area contributed by atoms with Gasteiger partial charge in [-0.2, -0.15) is 4.73 Å². The van der Waals surface area contributed by atoms with E-state index in [4.69, 9.17) is 22.9 Å². The lowest BCUT2D eigenvalue weighted by Gasteiger charge is -2.10. The monoisotopic (exact) mass is 206 g/mol. The van der Waals surface area contributed by atoms with Gasteiger partial charge in [0.15, 0.2) is 11.7 Å². The Hall–Kier alpha value is -2.44. The van der Waals surface area contributed by atoms with Gasteiger partial charge in [-0.15, -0.1) is 0 Å². The van der Waals surface area contributed by atoms with Gasteiger partial charge in [0.25, 0.3) is 5.52 Å². The van der Waals surface area contributed by atoms with Gasteiger partial charge in [-0.25, -0.2) is 4.98 Å². The summed E-state index contributed by atoms with van der Waals surface area (Å²) in [6.07, 6.45) is 2.54. The molecule has 2 aromatic rings. The van der Waals surface area contributed by atoms with E-state index in [0.29, 0.717) is 4.73 Å². The third kappa shape index (κ3) is 1.06. The number of benzene rings is 1. The van der Waals surface area contributed by atoms with E-state index in [9.17, 15) is 5.21 Å². The van der Waals surface area contributed by atoms with Crippen LogP contribution < -0.4 is 27.7 Å². The lowest BCUT2D eigenvalue weighted by Crippen LogP contribution is -2.28. The predicted molar refractivity (Wildman–Crippen MR) is 58.4 cm³/mol. The zero-order chi connectivity index (χ0) is 11.2. The molecular weight excluding hydrogens is 196 g/mol. The Kier molecular flexibility index (Phi) is 1.69. The van der Waals surface area contributed by atoms with E-state index in [1.54, 1.807) is 0 Å². The first-order valence-corrected chi connectivity index (χ1v) is 4.13. The Morgan fingerprint density at radius 1 is 1.00 bits per heavy atom. The highest BCUT2D eigenvalue weighted by Gasteiger charge is 2.18. The first kappa shape index (κ1) is 9.13. The molecule has 8 N–H and O–H groups in total. The average molecular weight is 206 g/mol. The number of nitrogens with two attached hydrogens (primary N) is 4. The molecule has 1 heterocycles. The van der Waals surface area contributed by atoms with Crippen molar-refractivity contribution in [1.29, 1.82) is 0 Å². The van der Waals surface area contributed by atoms with Gasteiger partial charge in [-0.1, -0.05) is 0 Å². The zero-order valence-corrected chi connectivity index (χ0v) is 7.77. The molecule has 7 nitrogen and oxygen atoms in total. The highest BCUT2D eigenvalue weighted by Crippen LogP contribution is 2.35. The topological polar surface area (TPSA) is 144 Å². The Morgan fingerprint density at radius 3 is 2.27 bits per heavy atom. The summed E-state index contributed by atoms with van der Waals surface area (Å²) in [5.41, 5.74) is 23.5. The van der Waals surface area contributed by atoms with Crippen LogP contribution in [0.15, 0.2) is 12.4 Å². The highest BCUT2D eigenvalue weighted by molar-refractivity contribution is 6.06. The second-order valence-corrected chi connectivity index (χ2v) is 3.10. The molecule has 0 atom stereocenters. The maximum absolute atomic E-state index is 11.5. The van der Waals surface area contributed by atoms with Gasteiger partial charge < -0.3 is 28.1 Å². The molecule has 0 spiro atoms. The smallest absolute Gasteiger partial charge is 0.270 e. The first-order valence-electron chi connectivity index (χ1n) is 4.13. The number of hydrogen-bond acceptors (Lipinski definition) is 6. The number of anilines is 4. The van der Waals surface area contributed by atoms with Crippen molar-refractivity contribution in [2.45, 2.75) is 0 Å². The number of aromatic nitrogens is 2. The van der Waals surface area contributed by atoms with Gasteiger partial charge in [-0.3, -0.25) is 0 Å². The molecule has 0 saturated carbocycles. The highest BCUT2D eigenvalue weighted by atomic mass is 16.5. The van der Waals surface area contributed by atoms with E-state index in [0.717, 1.165) is 0 Å². The molecule has 78 valence electrons. The molecule has 0 aliphatic carbocycles. The fraction of sp³-hybridized carbons (Fsp3) is 0. The third-order valence-electron chi connectivity index (χ3n) is 2.23. The molecule has 1 aromatic heterocycles. The second kappa shape index (κ2) is 2.77. The second-order valence-electron chi connectivity index (χ2n) is 3.10. The molecule has 0 unspecified atom stereocenters. The van der Waals surface area contributed by atoms with Crippen LogP contribution in [0, 0.1) is 5.21 Å². The van der Waals surface area contributed by atoms with Gasteiger partial charge in [0, 0.05) is 0 Å². The fourth-order valence-electron chi connectivity index (χ4n) is 1.40. The summed E-state index contributed by atoms with van der Waals surface area (Å²) in [5, 5.41) is 11.5. The van der Waals surface area contributed by atoms with Gasteiger partial charge in [0.1, 0.15) is 5.69 Å². The van der Waals surface area contributed by atoms with Crippen molar-refractivity contribution in [2.24, 2.45) is 0 Å². The van der Waals surface area contributed by atoms with Crippen molar-refractivity contribution in [3.8, 4) is 0 Å². The maximum atomic E-state index is 11.5. The standard InChI is InChI=1S/C8H10N6O/c9-3-4(10)6(12)8-7(5(3)11)13-1-2-14(8)15/h1-2H,9-12H2. The fourth-order valence-corrected chi connectivity index (χ4v) is 1.40. The van der Waals surface area contributed by atoms with Crippen LogP contribution in [0.2, 0.25) is 0 Å². The number of nitrogens with zero attached hydrogens (tertiary/aromatic N) is 2. The summed E-state index contributed by atoms with van der Waals surface area (Å²) in [6.45, 7) is 0. The van der Waals surface area contributed by atoms with Crippen molar-refractivity contribution < 1.29 is 4.73 Å². The minimum Gasteiger partial charge on any atom is -0.618 e.